The number of ether oxygens (including phenoxy) is 1. The number of hydrogen-bond donors (Lipinski definition) is 2. The van der Waals surface area contributed by atoms with E-state index in [1.165, 1.54) is 6.08 Å². The molecule has 0 saturated carbocycles. The number of benzene rings is 2. The number of para-hydroxylation sites is 1. The van der Waals surface area contributed by atoms with Gasteiger partial charge in [-0.15, -0.1) is 0 Å². The number of imide groups is 1. The second kappa shape index (κ2) is 7.09. The first kappa shape index (κ1) is 16.6. The highest BCUT2D eigenvalue weighted by Crippen LogP contribution is 2.31. The molecule has 0 spiro atoms. The molecule has 128 valence electrons. The summed E-state index contributed by atoms with van der Waals surface area (Å²) >= 11 is 0. The van der Waals surface area contributed by atoms with Gasteiger partial charge in [0.15, 0.2) is 11.5 Å². The Bertz CT molecular complexity index is 831. The first-order chi connectivity index (χ1) is 12.1. The summed E-state index contributed by atoms with van der Waals surface area (Å²) in [5.74, 6) is -0.176. The van der Waals surface area contributed by atoms with Crippen molar-refractivity contribution in [2.75, 3.05) is 6.61 Å². The number of carbonyl (C=O) groups excluding carboxylic acids is 2. The van der Waals surface area contributed by atoms with Crippen LogP contribution in [-0.4, -0.2) is 28.6 Å². The zero-order valence-corrected chi connectivity index (χ0v) is 13.7. The summed E-state index contributed by atoms with van der Waals surface area (Å²) < 4.78 is 5.33. The molecule has 6 nitrogen and oxygen atoms in total. The fourth-order valence-electron chi connectivity index (χ4n) is 2.56. The first-order valence-electron chi connectivity index (χ1n) is 7.93. The van der Waals surface area contributed by atoms with Crippen LogP contribution in [0.5, 0.6) is 11.5 Å². The van der Waals surface area contributed by atoms with Crippen LogP contribution in [0.15, 0.2) is 54.2 Å². The molecule has 0 unspecified atom stereocenters. The highest BCUT2D eigenvalue weighted by Gasteiger charge is 2.33. The van der Waals surface area contributed by atoms with Gasteiger partial charge in [0, 0.05) is 5.56 Å². The standard InChI is InChI=1S/C19H18N2O4/c1-2-25-16-10-6-9-14(17(16)22)11-15-18(23)21(19(24)20-15)12-13-7-4-3-5-8-13/h3-11,22H,2,12H2,1H3,(H,20,24)/b15-11+. The van der Waals surface area contributed by atoms with E-state index < -0.39 is 11.9 Å². The number of phenolic OH excluding ortho intramolecular Hbond substituents is 1. The van der Waals surface area contributed by atoms with E-state index in [0.717, 1.165) is 10.5 Å². The van der Waals surface area contributed by atoms with E-state index in [-0.39, 0.29) is 18.0 Å². The highest BCUT2D eigenvalue weighted by atomic mass is 16.5. The van der Waals surface area contributed by atoms with Crippen molar-refractivity contribution in [1.29, 1.82) is 0 Å². The molecule has 2 aromatic carbocycles. The van der Waals surface area contributed by atoms with E-state index in [2.05, 4.69) is 5.32 Å². The summed E-state index contributed by atoms with van der Waals surface area (Å²) in [7, 11) is 0. The molecular formula is C19H18N2O4. The smallest absolute Gasteiger partial charge is 0.329 e. The van der Waals surface area contributed by atoms with Crippen LogP contribution in [0, 0.1) is 0 Å². The SMILES string of the molecule is CCOc1cccc(/C=C2/NC(=O)N(Cc3ccccc3)C2=O)c1O. The van der Waals surface area contributed by atoms with Gasteiger partial charge in [-0.05, 0) is 24.6 Å². The van der Waals surface area contributed by atoms with Gasteiger partial charge in [0.1, 0.15) is 5.70 Å². The fraction of sp³-hybridized carbons (Fsp3) is 0.158. The third kappa shape index (κ3) is 3.47. The van der Waals surface area contributed by atoms with Crippen molar-refractivity contribution in [3.8, 4) is 11.5 Å². The van der Waals surface area contributed by atoms with Crippen LogP contribution in [0.25, 0.3) is 6.08 Å². The van der Waals surface area contributed by atoms with Gasteiger partial charge in [-0.2, -0.15) is 0 Å². The average molecular weight is 338 g/mol. The van der Waals surface area contributed by atoms with E-state index in [9.17, 15) is 14.7 Å². The van der Waals surface area contributed by atoms with Crippen LogP contribution in [0.3, 0.4) is 0 Å². The van der Waals surface area contributed by atoms with E-state index in [1.807, 2.05) is 37.3 Å². The molecule has 2 aromatic rings. The maximum atomic E-state index is 12.5. The van der Waals surface area contributed by atoms with Gasteiger partial charge in [0.2, 0.25) is 0 Å². The molecule has 1 fully saturated rings. The minimum atomic E-state index is -0.486. The topological polar surface area (TPSA) is 78.9 Å². The van der Waals surface area contributed by atoms with Gasteiger partial charge in [-0.3, -0.25) is 9.69 Å². The largest absolute Gasteiger partial charge is 0.504 e. The molecule has 6 heteroatoms. The van der Waals surface area contributed by atoms with Gasteiger partial charge >= 0.3 is 6.03 Å². The summed E-state index contributed by atoms with van der Waals surface area (Å²) in [4.78, 5) is 25.7. The lowest BCUT2D eigenvalue weighted by Gasteiger charge is -2.11. The molecule has 3 amide bonds. The van der Waals surface area contributed by atoms with Crippen molar-refractivity contribution >= 4 is 18.0 Å². The van der Waals surface area contributed by atoms with Crippen LogP contribution in [-0.2, 0) is 11.3 Å². The quantitative estimate of drug-likeness (QED) is 0.649. The molecule has 1 aliphatic heterocycles. The predicted molar refractivity (Wildman–Crippen MR) is 92.8 cm³/mol. The third-order valence-electron chi connectivity index (χ3n) is 3.78. The van der Waals surface area contributed by atoms with Crippen molar-refractivity contribution < 1.29 is 19.4 Å². The Balaban J connectivity index is 1.84. The van der Waals surface area contributed by atoms with Gasteiger partial charge < -0.3 is 15.2 Å². The summed E-state index contributed by atoms with van der Waals surface area (Å²) in [6.45, 7) is 2.41. The fourth-order valence-corrected chi connectivity index (χ4v) is 2.56. The Kier molecular flexibility index (Phi) is 4.70. The Labute approximate surface area is 145 Å². The maximum Gasteiger partial charge on any atom is 0.329 e. The molecule has 1 heterocycles. The minimum Gasteiger partial charge on any atom is -0.504 e. The number of rotatable bonds is 5. The zero-order valence-electron chi connectivity index (χ0n) is 13.7. The van der Waals surface area contributed by atoms with E-state index >= 15 is 0 Å². The lowest BCUT2D eigenvalue weighted by molar-refractivity contribution is -0.123. The molecule has 0 radical (unpaired) electrons. The average Bonchev–Trinajstić information content (AvgIpc) is 2.87. The minimum absolute atomic E-state index is 0.0691. The van der Waals surface area contributed by atoms with Crippen molar-refractivity contribution in [3.05, 3.63) is 65.4 Å². The summed E-state index contributed by atoms with van der Waals surface area (Å²) in [6.07, 6.45) is 1.45. The summed E-state index contributed by atoms with van der Waals surface area (Å²) in [6, 6.07) is 13.8. The number of hydrogen-bond acceptors (Lipinski definition) is 4. The Morgan fingerprint density at radius 1 is 1.12 bits per heavy atom. The van der Waals surface area contributed by atoms with E-state index in [1.54, 1.807) is 18.2 Å². The van der Waals surface area contributed by atoms with Crippen LogP contribution < -0.4 is 10.1 Å². The maximum absolute atomic E-state index is 12.5. The lowest BCUT2D eigenvalue weighted by Crippen LogP contribution is -2.30. The molecule has 0 atom stereocenters. The normalized spacial score (nSPS) is 15.6. The predicted octanol–water partition coefficient (Wildman–Crippen LogP) is 2.88. The van der Waals surface area contributed by atoms with Crippen molar-refractivity contribution in [2.45, 2.75) is 13.5 Å². The second-order valence-corrected chi connectivity index (χ2v) is 5.49. The van der Waals surface area contributed by atoms with E-state index in [0.29, 0.717) is 17.9 Å². The number of nitrogens with one attached hydrogen (secondary N) is 1. The molecule has 0 aliphatic carbocycles. The number of phenols is 1. The van der Waals surface area contributed by atoms with Gasteiger partial charge in [-0.1, -0.05) is 42.5 Å². The van der Waals surface area contributed by atoms with E-state index in [4.69, 9.17) is 4.74 Å². The van der Waals surface area contributed by atoms with Crippen LogP contribution >= 0.6 is 0 Å². The van der Waals surface area contributed by atoms with Gasteiger partial charge in [0.05, 0.1) is 13.2 Å². The number of aromatic hydroxyl groups is 1. The van der Waals surface area contributed by atoms with Crippen LogP contribution in [0.1, 0.15) is 18.1 Å². The van der Waals surface area contributed by atoms with Crippen molar-refractivity contribution in [1.82, 2.24) is 10.2 Å². The van der Waals surface area contributed by atoms with Crippen molar-refractivity contribution in [3.63, 3.8) is 0 Å². The Hall–Kier alpha value is -3.28. The van der Waals surface area contributed by atoms with Gasteiger partial charge in [-0.25, -0.2) is 4.79 Å². The number of nitrogens with zero attached hydrogens (tertiary/aromatic N) is 1. The second-order valence-electron chi connectivity index (χ2n) is 5.49. The monoisotopic (exact) mass is 338 g/mol. The van der Waals surface area contributed by atoms with Crippen LogP contribution in [0.2, 0.25) is 0 Å². The van der Waals surface area contributed by atoms with Crippen LogP contribution in [0.4, 0.5) is 4.79 Å². The lowest BCUT2D eigenvalue weighted by atomic mass is 10.1. The molecule has 1 saturated heterocycles. The number of amides is 3. The Morgan fingerprint density at radius 3 is 2.60 bits per heavy atom. The number of urea groups is 1. The molecule has 0 aromatic heterocycles. The number of carbonyl (C=O) groups is 2. The molecular weight excluding hydrogens is 320 g/mol. The highest BCUT2D eigenvalue weighted by molar-refractivity contribution is 6.14. The molecule has 2 N–H and O–H groups in total. The Morgan fingerprint density at radius 2 is 1.88 bits per heavy atom. The van der Waals surface area contributed by atoms with Crippen molar-refractivity contribution in [2.24, 2.45) is 0 Å². The summed E-state index contributed by atoms with van der Waals surface area (Å²) in [5.41, 5.74) is 1.37. The molecule has 3 rings (SSSR count). The molecule has 25 heavy (non-hydrogen) atoms. The third-order valence-corrected chi connectivity index (χ3v) is 3.78. The zero-order chi connectivity index (χ0) is 17.8. The first-order valence-corrected chi connectivity index (χ1v) is 7.93. The molecule has 0 bridgehead atoms. The molecule has 1 aliphatic rings. The van der Waals surface area contributed by atoms with Gasteiger partial charge in [0.25, 0.3) is 5.91 Å². The summed E-state index contributed by atoms with van der Waals surface area (Å²) in [5, 5.41) is 12.8.